The van der Waals surface area contributed by atoms with Crippen molar-refractivity contribution < 1.29 is 14.4 Å². The molecule has 0 radical (unpaired) electrons. The lowest BCUT2D eigenvalue weighted by atomic mass is 9.85. The van der Waals surface area contributed by atoms with Gasteiger partial charge in [0.1, 0.15) is 12.4 Å². The van der Waals surface area contributed by atoms with Gasteiger partial charge in [0.25, 0.3) is 5.56 Å². The van der Waals surface area contributed by atoms with Crippen LogP contribution in [0, 0.1) is 11.8 Å². The molecule has 2 heterocycles. The van der Waals surface area contributed by atoms with E-state index in [0.29, 0.717) is 38.6 Å². The number of nitrogens with one attached hydrogen (secondary N) is 1. The molecular formula is C23H31N5O5. The van der Waals surface area contributed by atoms with Gasteiger partial charge < -0.3 is 5.73 Å². The third-order valence-electron chi connectivity index (χ3n) is 7.04. The van der Waals surface area contributed by atoms with Crippen molar-refractivity contribution in [3.05, 3.63) is 33.0 Å². The van der Waals surface area contributed by atoms with Crippen LogP contribution in [0.4, 0.5) is 11.5 Å². The van der Waals surface area contributed by atoms with Gasteiger partial charge in [-0.05, 0) is 32.1 Å². The number of hydrogen-bond acceptors (Lipinski definition) is 6. The lowest BCUT2D eigenvalue weighted by Crippen LogP contribution is -2.50. The molecule has 2 aliphatic carbocycles. The molecule has 1 aliphatic heterocycles. The molecule has 1 aromatic heterocycles. The Morgan fingerprint density at radius 3 is 2.27 bits per heavy atom. The number of nitrogens with two attached hydrogens (primary N) is 1. The van der Waals surface area contributed by atoms with Crippen molar-refractivity contribution in [3.8, 4) is 0 Å². The van der Waals surface area contributed by atoms with Gasteiger partial charge in [-0.15, -0.1) is 0 Å². The number of fused-ring (bicyclic) bond motifs is 1. The number of nitrogen functional groups attached to an aromatic ring is 1. The average molecular weight is 458 g/mol. The molecule has 2 atom stereocenters. The summed E-state index contributed by atoms with van der Waals surface area (Å²) in [5.74, 6) is -2.14. The highest BCUT2D eigenvalue weighted by Crippen LogP contribution is 2.36. The van der Waals surface area contributed by atoms with E-state index in [4.69, 9.17) is 5.73 Å². The van der Waals surface area contributed by atoms with Gasteiger partial charge in [0, 0.05) is 12.6 Å². The number of anilines is 2. The van der Waals surface area contributed by atoms with Crippen molar-refractivity contribution >= 4 is 29.2 Å². The molecule has 1 aromatic rings. The highest BCUT2D eigenvalue weighted by molar-refractivity contribution is 6.09. The molecule has 0 bridgehead atoms. The fraction of sp³-hybridized carbons (Fsp3) is 0.609. The van der Waals surface area contributed by atoms with Gasteiger partial charge in [-0.25, -0.2) is 4.79 Å². The van der Waals surface area contributed by atoms with E-state index in [1.807, 2.05) is 19.1 Å². The number of aromatic nitrogens is 2. The SMILES string of the molecule is CCCCn1c(N)c(N(C(=O)CN2C(=O)C3CC=CCC3C2=O)C2CCCC2)c(=O)[nH]c1=O. The molecule has 4 rings (SSSR count). The fourth-order valence-electron chi connectivity index (χ4n) is 5.26. The zero-order valence-corrected chi connectivity index (χ0v) is 18.9. The molecule has 1 saturated carbocycles. The second-order valence-corrected chi connectivity index (χ2v) is 9.12. The number of H-pyrrole nitrogens is 1. The Morgan fingerprint density at radius 1 is 1.09 bits per heavy atom. The predicted octanol–water partition coefficient (Wildman–Crippen LogP) is 1.15. The van der Waals surface area contributed by atoms with Crippen LogP contribution in [0.25, 0.3) is 0 Å². The van der Waals surface area contributed by atoms with Crippen LogP contribution in [0.5, 0.6) is 0 Å². The monoisotopic (exact) mass is 457 g/mol. The van der Waals surface area contributed by atoms with E-state index in [2.05, 4.69) is 4.98 Å². The van der Waals surface area contributed by atoms with Crippen molar-refractivity contribution in [1.29, 1.82) is 0 Å². The summed E-state index contributed by atoms with van der Waals surface area (Å²) in [6.45, 7) is 1.85. The fourth-order valence-corrected chi connectivity index (χ4v) is 5.26. The minimum atomic E-state index is -0.734. The van der Waals surface area contributed by atoms with Crippen molar-refractivity contribution in [2.45, 2.75) is 70.9 Å². The standard InChI is InChI=1S/C23H31N5O5/c1-2-3-12-26-19(24)18(20(30)25-23(26)33)28(14-8-4-5-9-14)17(29)13-27-21(31)15-10-6-7-11-16(15)22(27)32/h6-7,14-16H,2-5,8-13,24H2,1H3,(H,25,30,33). The number of hydrogen-bond donors (Lipinski definition) is 2. The van der Waals surface area contributed by atoms with Crippen LogP contribution in [-0.4, -0.2) is 44.8 Å². The number of allylic oxidation sites excluding steroid dienone is 2. The summed E-state index contributed by atoms with van der Waals surface area (Å²) in [5.41, 5.74) is 4.87. The Labute approximate surface area is 191 Å². The second kappa shape index (κ2) is 9.36. The van der Waals surface area contributed by atoms with Crippen LogP contribution in [0.3, 0.4) is 0 Å². The Hall–Kier alpha value is -3.17. The van der Waals surface area contributed by atoms with Crippen molar-refractivity contribution in [1.82, 2.24) is 14.5 Å². The molecule has 178 valence electrons. The molecule has 2 fully saturated rings. The average Bonchev–Trinajstić information content (AvgIpc) is 3.40. The molecule has 10 nitrogen and oxygen atoms in total. The first kappa shape index (κ1) is 23.0. The van der Waals surface area contributed by atoms with Crippen LogP contribution >= 0.6 is 0 Å². The molecule has 3 N–H and O–H groups in total. The van der Waals surface area contributed by atoms with E-state index in [0.717, 1.165) is 24.2 Å². The number of unbranched alkanes of at least 4 members (excludes halogenated alkanes) is 1. The van der Waals surface area contributed by atoms with Crippen LogP contribution in [0.2, 0.25) is 0 Å². The lowest BCUT2D eigenvalue weighted by Gasteiger charge is -2.31. The Bertz CT molecular complexity index is 1070. The first-order chi connectivity index (χ1) is 15.8. The van der Waals surface area contributed by atoms with Gasteiger partial charge >= 0.3 is 5.69 Å². The maximum absolute atomic E-state index is 13.6. The Morgan fingerprint density at radius 2 is 1.70 bits per heavy atom. The molecule has 0 aromatic carbocycles. The largest absolute Gasteiger partial charge is 0.383 e. The van der Waals surface area contributed by atoms with E-state index in [9.17, 15) is 24.0 Å². The number of rotatable bonds is 7. The number of aromatic amines is 1. The van der Waals surface area contributed by atoms with Crippen LogP contribution in [-0.2, 0) is 20.9 Å². The third-order valence-corrected chi connectivity index (χ3v) is 7.04. The molecule has 10 heteroatoms. The number of carbonyl (C=O) groups is 3. The maximum Gasteiger partial charge on any atom is 0.330 e. The summed E-state index contributed by atoms with van der Waals surface area (Å²) in [6, 6.07) is -0.283. The minimum absolute atomic E-state index is 0.0607. The summed E-state index contributed by atoms with van der Waals surface area (Å²) in [4.78, 5) is 69.2. The summed E-state index contributed by atoms with van der Waals surface area (Å²) in [7, 11) is 0. The molecule has 1 saturated heterocycles. The van der Waals surface area contributed by atoms with Crippen molar-refractivity contribution in [2.75, 3.05) is 17.2 Å². The topological polar surface area (TPSA) is 139 Å². The van der Waals surface area contributed by atoms with E-state index in [1.165, 1.54) is 9.47 Å². The van der Waals surface area contributed by atoms with Crippen molar-refractivity contribution in [3.63, 3.8) is 0 Å². The van der Waals surface area contributed by atoms with E-state index >= 15 is 0 Å². The quantitative estimate of drug-likeness (QED) is 0.465. The zero-order valence-electron chi connectivity index (χ0n) is 18.9. The second-order valence-electron chi connectivity index (χ2n) is 9.12. The van der Waals surface area contributed by atoms with Gasteiger partial charge in [0.15, 0.2) is 5.69 Å². The molecule has 0 spiro atoms. The first-order valence-electron chi connectivity index (χ1n) is 11.8. The Balaban J connectivity index is 1.69. The summed E-state index contributed by atoms with van der Waals surface area (Å²) in [6.07, 6.45) is 9.39. The molecule has 2 unspecified atom stereocenters. The predicted molar refractivity (Wildman–Crippen MR) is 122 cm³/mol. The van der Waals surface area contributed by atoms with E-state index in [1.54, 1.807) is 0 Å². The number of imide groups is 1. The van der Waals surface area contributed by atoms with E-state index in [-0.39, 0.29) is 29.4 Å². The molecule has 3 amide bonds. The number of carbonyl (C=O) groups excluding carboxylic acids is 3. The zero-order chi connectivity index (χ0) is 23.7. The number of amides is 3. The van der Waals surface area contributed by atoms with Gasteiger partial charge in [-0.2, -0.15) is 0 Å². The first-order valence-corrected chi connectivity index (χ1v) is 11.8. The minimum Gasteiger partial charge on any atom is -0.383 e. The lowest BCUT2D eigenvalue weighted by molar-refractivity contribution is -0.143. The highest BCUT2D eigenvalue weighted by atomic mass is 16.2. The highest BCUT2D eigenvalue weighted by Gasteiger charge is 2.48. The van der Waals surface area contributed by atoms with Crippen LogP contribution in [0.15, 0.2) is 21.7 Å². The molecule has 3 aliphatic rings. The Kier molecular flexibility index (Phi) is 6.53. The smallest absolute Gasteiger partial charge is 0.330 e. The summed E-state index contributed by atoms with van der Waals surface area (Å²) in [5, 5.41) is 0. The summed E-state index contributed by atoms with van der Waals surface area (Å²) >= 11 is 0. The van der Waals surface area contributed by atoms with Crippen molar-refractivity contribution in [2.24, 2.45) is 11.8 Å². The maximum atomic E-state index is 13.6. The van der Waals surface area contributed by atoms with Gasteiger partial charge in [-0.1, -0.05) is 38.3 Å². The van der Waals surface area contributed by atoms with Gasteiger partial charge in [0.2, 0.25) is 17.7 Å². The molecular weight excluding hydrogens is 426 g/mol. The number of nitrogens with zero attached hydrogens (tertiary/aromatic N) is 3. The summed E-state index contributed by atoms with van der Waals surface area (Å²) < 4.78 is 1.28. The van der Waals surface area contributed by atoms with Gasteiger partial charge in [0.05, 0.1) is 11.8 Å². The van der Waals surface area contributed by atoms with Crippen LogP contribution in [0.1, 0.15) is 58.3 Å². The van der Waals surface area contributed by atoms with Crippen LogP contribution < -0.4 is 21.9 Å². The van der Waals surface area contributed by atoms with Gasteiger partial charge in [-0.3, -0.25) is 38.5 Å². The molecule has 33 heavy (non-hydrogen) atoms. The third kappa shape index (κ3) is 4.14. The normalized spacial score (nSPS) is 22.8. The number of likely N-dealkylation sites (tertiary alicyclic amines) is 1. The van der Waals surface area contributed by atoms with E-state index < -0.39 is 35.5 Å².